The molecule has 1 radical (unpaired) electrons. The third-order valence-electron chi connectivity index (χ3n) is 1.29. The van der Waals surface area contributed by atoms with Crippen molar-refractivity contribution in [3.63, 3.8) is 0 Å². The number of hydrogen-bond donors (Lipinski definition) is 0. The summed E-state index contributed by atoms with van der Waals surface area (Å²) in [5, 5.41) is 0. The number of benzene rings is 1. The molecule has 0 saturated carbocycles. The van der Waals surface area contributed by atoms with Crippen LogP contribution in [0.5, 0.6) is 0 Å². The molecule has 12 heavy (non-hydrogen) atoms. The summed E-state index contributed by atoms with van der Waals surface area (Å²) in [6.45, 7) is 1.59. The Morgan fingerprint density at radius 1 is 1.33 bits per heavy atom. The third-order valence-corrected chi connectivity index (χ3v) is 1.62. The lowest BCUT2D eigenvalue weighted by Gasteiger charge is -1.99. The molecule has 1 aromatic carbocycles. The smallest absolute Gasteiger partial charge is 0.293 e. The number of hydrogen-bond acceptors (Lipinski definition) is 3. The van der Waals surface area contributed by atoms with Gasteiger partial charge in [0.15, 0.2) is 6.61 Å². The molecule has 0 atom stereocenters. The van der Waals surface area contributed by atoms with Crippen molar-refractivity contribution >= 4 is 23.6 Å². The number of carbonyl (C=O) groups excluding carboxylic acids is 1. The fraction of sp³-hybridized carbons (Fsp3) is 0. The molecular weight excluding hydrogens is 172 g/mol. The highest BCUT2D eigenvalue weighted by molar-refractivity contribution is 7.81. The molecule has 0 aliphatic rings. The van der Waals surface area contributed by atoms with Gasteiger partial charge >= 0.3 is 0 Å². The molecule has 1 aromatic rings. The zero-order chi connectivity index (χ0) is 8.81. The van der Waals surface area contributed by atoms with Gasteiger partial charge in [-0.1, -0.05) is 42.5 Å². The van der Waals surface area contributed by atoms with Crippen LogP contribution in [0.2, 0.25) is 0 Å². The second-order valence-corrected chi connectivity index (χ2v) is 2.52. The van der Waals surface area contributed by atoms with Crippen LogP contribution in [-0.4, -0.2) is 11.3 Å². The fourth-order valence-corrected chi connectivity index (χ4v) is 0.952. The van der Waals surface area contributed by atoms with Crippen LogP contribution >= 0.6 is 12.2 Å². The van der Waals surface area contributed by atoms with Crippen LogP contribution in [0.1, 0.15) is 5.56 Å². The Labute approximate surface area is 76.2 Å². The van der Waals surface area contributed by atoms with Crippen molar-refractivity contribution in [3.05, 3.63) is 42.5 Å². The summed E-state index contributed by atoms with van der Waals surface area (Å²) in [7, 11) is 0. The number of rotatable bonds is 4. The van der Waals surface area contributed by atoms with Crippen LogP contribution in [0, 0.1) is 6.61 Å². The van der Waals surface area contributed by atoms with Crippen molar-refractivity contribution in [2.45, 2.75) is 0 Å². The van der Waals surface area contributed by atoms with Crippen molar-refractivity contribution in [1.29, 1.82) is 0 Å². The molecule has 1 rings (SSSR count). The maximum absolute atomic E-state index is 9.83. The van der Waals surface area contributed by atoms with E-state index in [1.807, 2.05) is 30.3 Å². The second kappa shape index (κ2) is 4.62. The Morgan fingerprint density at radius 2 is 2.00 bits per heavy atom. The van der Waals surface area contributed by atoms with E-state index in [2.05, 4.69) is 4.74 Å². The van der Waals surface area contributed by atoms with Gasteiger partial charge in [-0.15, -0.1) is 0 Å². The molecule has 0 unspecified atom stereocenters. The SMILES string of the molecule is O=CO[CH]C(=S)c1ccccc1. The largest absolute Gasteiger partial charge is 0.454 e. The van der Waals surface area contributed by atoms with Gasteiger partial charge in [-0.05, 0) is 5.56 Å². The lowest BCUT2D eigenvalue weighted by molar-refractivity contribution is -0.124. The zero-order valence-corrected chi connectivity index (χ0v) is 7.08. The molecule has 3 heteroatoms. The van der Waals surface area contributed by atoms with Crippen LogP contribution < -0.4 is 0 Å². The molecule has 0 amide bonds. The molecule has 0 aliphatic carbocycles. The molecule has 2 nitrogen and oxygen atoms in total. The second-order valence-electron chi connectivity index (χ2n) is 2.08. The normalized spacial score (nSPS) is 9.00. The van der Waals surface area contributed by atoms with Gasteiger partial charge in [0.05, 0.1) is 4.86 Å². The van der Waals surface area contributed by atoms with Crippen LogP contribution in [0.3, 0.4) is 0 Å². The molecule has 0 aliphatic heterocycles. The van der Waals surface area contributed by atoms with E-state index in [-0.39, 0.29) is 0 Å². The highest BCUT2D eigenvalue weighted by Gasteiger charge is 1.99. The molecule has 0 bridgehead atoms. The lowest BCUT2D eigenvalue weighted by Crippen LogP contribution is -1.99. The molecule has 0 aromatic heterocycles. The van der Waals surface area contributed by atoms with Crippen molar-refractivity contribution in [2.75, 3.05) is 0 Å². The molecule has 0 fully saturated rings. The Morgan fingerprint density at radius 3 is 2.58 bits per heavy atom. The summed E-state index contributed by atoms with van der Waals surface area (Å²) in [4.78, 5) is 10.3. The first kappa shape index (κ1) is 8.87. The summed E-state index contributed by atoms with van der Waals surface area (Å²) in [6, 6.07) is 9.35. The summed E-state index contributed by atoms with van der Waals surface area (Å²) in [5.41, 5.74) is 0.870. The Kier molecular flexibility index (Phi) is 3.41. The third kappa shape index (κ3) is 2.43. The quantitative estimate of drug-likeness (QED) is 0.400. The average molecular weight is 179 g/mol. The number of ether oxygens (including phenoxy) is 1. The minimum Gasteiger partial charge on any atom is -0.454 e. The molecule has 61 valence electrons. The van der Waals surface area contributed by atoms with E-state index in [1.54, 1.807) is 0 Å². The van der Waals surface area contributed by atoms with Gasteiger partial charge in [0.2, 0.25) is 0 Å². The van der Waals surface area contributed by atoms with E-state index in [0.717, 1.165) is 5.56 Å². The van der Waals surface area contributed by atoms with Gasteiger partial charge in [-0.2, -0.15) is 0 Å². The maximum Gasteiger partial charge on any atom is 0.293 e. The monoisotopic (exact) mass is 179 g/mol. The molecule has 0 saturated heterocycles. The summed E-state index contributed by atoms with van der Waals surface area (Å²) in [5.74, 6) is 0. The standard InChI is InChI=1S/C9H7O2S/c10-7-11-6-9(12)8-4-2-1-3-5-8/h1-7H. The van der Waals surface area contributed by atoms with Crippen molar-refractivity contribution < 1.29 is 9.53 Å². The van der Waals surface area contributed by atoms with Gasteiger partial charge in [-0.3, -0.25) is 4.79 Å². The van der Waals surface area contributed by atoms with Gasteiger partial charge in [0, 0.05) is 0 Å². The van der Waals surface area contributed by atoms with E-state index < -0.39 is 0 Å². The van der Waals surface area contributed by atoms with Crippen LogP contribution in [0.4, 0.5) is 0 Å². The molecule has 0 N–H and O–H groups in total. The highest BCUT2D eigenvalue weighted by atomic mass is 32.1. The highest BCUT2D eigenvalue weighted by Crippen LogP contribution is 2.03. The van der Waals surface area contributed by atoms with Crippen LogP contribution in [0.15, 0.2) is 30.3 Å². The first-order valence-electron chi connectivity index (χ1n) is 3.36. The van der Waals surface area contributed by atoms with Gasteiger partial charge in [0.1, 0.15) is 0 Å². The van der Waals surface area contributed by atoms with E-state index in [1.165, 1.54) is 6.61 Å². The molecule has 0 spiro atoms. The minimum atomic E-state index is 0.342. The fourth-order valence-electron chi connectivity index (χ4n) is 0.760. The lowest BCUT2D eigenvalue weighted by atomic mass is 10.2. The predicted octanol–water partition coefficient (Wildman–Crippen LogP) is 1.74. The number of thiocarbonyl (C=S) groups is 1. The zero-order valence-electron chi connectivity index (χ0n) is 6.27. The van der Waals surface area contributed by atoms with Crippen molar-refractivity contribution in [2.24, 2.45) is 0 Å². The molecular formula is C9H7O2S. The summed E-state index contributed by atoms with van der Waals surface area (Å²) < 4.78 is 4.40. The Hall–Kier alpha value is -1.22. The van der Waals surface area contributed by atoms with Gasteiger partial charge in [0.25, 0.3) is 6.47 Å². The average Bonchev–Trinajstić information content (AvgIpc) is 2.15. The Bertz CT molecular complexity index is 269. The topological polar surface area (TPSA) is 26.3 Å². The van der Waals surface area contributed by atoms with Crippen molar-refractivity contribution in [3.8, 4) is 0 Å². The van der Waals surface area contributed by atoms with E-state index >= 15 is 0 Å². The maximum atomic E-state index is 9.83. The number of carbonyl (C=O) groups is 1. The van der Waals surface area contributed by atoms with Crippen LogP contribution in [-0.2, 0) is 9.53 Å². The Balaban J connectivity index is 2.59. The van der Waals surface area contributed by atoms with Crippen molar-refractivity contribution in [1.82, 2.24) is 0 Å². The first-order valence-corrected chi connectivity index (χ1v) is 3.77. The van der Waals surface area contributed by atoms with E-state index in [4.69, 9.17) is 12.2 Å². The minimum absolute atomic E-state index is 0.342. The predicted molar refractivity (Wildman–Crippen MR) is 49.6 cm³/mol. The first-order chi connectivity index (χ1) is 5.84. The van der Waals surface area contributed by atoms with Gasteiger partial charge < -0.3 is 4.74 Å². The summed E-state index contributed by atoms with van der Waals surface area (Å²) >= 11 is 4.95. The summed E-state index contributed by atoms with van der Waals surface area (Å²) in [6.07, 6.45) is 0. The van der Waals surface area contributed by atoms with Gasteiger partial charge in [-0.25, -0.2) is 0 Å². The molecule has 0 heterocycles. The van der Waals surface area contributed by atoms with E-state index in [0.29, 0.717) is 11.3 Å². The van der Waals surface area contributed by atoms with Crippen LogP contribution in [0.25, 0.3) is 0 Å². The van der Waals surface area contributed by atoms with E-state index in [9.17, 15) is 4.79 Å².